The van der Waals surface area contributed by atoms with E-state index < -0.39 is 9.84 Å². The molecule has 18 heavy (non-hydrogen) atoms. The first-order valence-corrected chi connectivity index (χ1v) is 8.07. The smallest absolute Gasteiger partial charge is 0.175 e. The molecule has 0 atom stereocenters. The first-order valence-electron chi connectivity index (χ1n) is 6.17. The van der Waals surface area contributed by atoms with Gasteiger partial charge in [0.1, 0.15) is 5.75 Å². The van der Waals surface area contributed by atoms with Crippen molar-refractivity contribution in [3.8, 4) is 5.75 Å². The summed E-state index contributed by atoms with van der Waals surface area (Å²) >= 11 is 0. The Morgan fingerprint density at radius 2 is 2.06 bits per heavy atom. The Morgan fingerprint density at radius 3 is 2.72 bits per heavy atom. The zero-order valence-electron chi connectivity index (χ0n) is 11.0. The number of hydrogen-bond donors (Lipinski definition) is 1. The Morgan fingerprint density at radius 1 is 1.28 bits per heavy atom. The van der Waals surface area contributed by atoms with E-state index in [1.54, 1.807) is 24.3 Å². The Labute approximate surface area is 109 Å². The van der Waals surface area contributed by atoms with E-state index >= 15 is 0 Å². The lowest BCUT2D eigenvalue weighted by molar-refractivity contribution is 0.305. The number of sulfone groups is 1. The van der Waals surface area contributed by atoms with Crippen molar-refractivity contribution in [3.05, 3.63) is 24.3 Å². The molecule has 0 radical (unpaired) electrons. The molecule has 0 fully saturated rings. The van der Waals surface area contributed by atoms with Gasteiger partial charge < -0.3 is 10.1 Å². The van der Waals surface area contributed by atoms with Crippen molar-refractivity contribution in [2.24, 2.45) is 0 Å². The molecule has 1 N–H and O–H groups in total. The Bertz CT molecular complexity index is 457. The largest absolute Gasteiger partial charge is 0.494 e. The van der Waals surface area contributed by atoms with Crippen LogP contribution < -0.4 is 10.1 Å². The minimum Gasteiger partial charge on any atom is -0.494 e. The van der Waals surface area contributed by atoms with Gasteiger partial charge in [-0.15, -0.1) is 0 Å². The third-order valence-corrected chi connectivity index (χ3v) is 3.61. The highest BCUT2D eigenvalue weighted by Gasteiger charge is 2.07. The van der Waals surface area contributed by atoms with Crippen LogP contribution >= 0.6 is 0 Å². The Kier molecular flexibility index (Phi) is 6.15. The van der Waals surface area contributed by atoms with E-state index in [4.69, 9.17) is 4.74 Å². The molecule has 0 aromatic heterocycles. The van der Waals surface area contributed by atoms with Crippen LogP contribution in [0.1, 0.15) is 19.8 Å². The van der Waals surface area contributed by atoms with Gasteiger partial charge in [0, 0.05) is 6.26 Å². The molecule has 0 unspecified atom stereocenters. The molecule has 1 aromatic carbocycles. The molecule has 0 saturated heterocycles. The van der Waals surface area contributed by atoms with Gasteiger partial charge in [-0.1, -0.05) is 13.0 Å². The van der Waals surface area contributed by atoms with Crippen LogP contribution in [0.25, 0.3) is 0 Å². The van der Waals surface area contributed by atoms with Crippen molar-refractivity contribution >= 4 is 9.84 Å². The third kappa shape index (κ3) is 5.51. The normalized spacial score (nSPS) is 11.4. The first-order chi connectivity index (χ1) is 8.54. The first kappa shape index (κ1) is 15.0. The second kappa shape index (κ2) is 7.38. The summed E-state index contributed by atoms with van der Waals surface area (Å²) in [5.74, 6) is 0.612. The number of hydrogen-bond acceptors (Lipinski definition) is 4. The van der Waals surface area contributed by atoms with Gasteiger partial charge in [0.05, 0.1) is 11.5 Å². The number of nitrogens with one attached hydrogen (secondary N) is 1. The summed E-state index contributed by atoms with van der Waals surface area (Å²) in [6.45, 7) is 4.66. The van der Waals surface area contributed by atoms with Crippen LogP contribution in [0.3, 0.4) is 0 Å². The molecule has 0 aliphatic heterocycles. The fourth-order valence-electron chi connectivity index (χ4n) is 1.51. The maximum absolute atomic E-state index is 11.4. The van der Waals surface area contributed by atoms with Crippen LogP contribution in [-0.2, 0) is 9.84 Å². The van der Waals surface area contributed by atoms with Crippen LogP contribution in [0.2, 0.25) is 0 Å². The SMILES string of the molecule is CCNCCCCOc1cccc(S(C)(=O)=O)c1. The molecule has 1 rings (SSSR count). The highest BCUT2D eigenvalue weighted by Crippen LogP contribution is 2.17. The van der Waals surface area contributed by atoms with Crippen LogP contribution in [0.4, 0.5) is 0 Å². The van der Waals surface area contributed by atoms with Gasteiger partial charge in [-0.3, -0.25) is 0 Å². The lowest BCUT2D eigenvalue weighted by Crippen LogP contribution is -2.14. The quantitative estimate of drug-likeness (QED) is 0.733. The van der Waals surface area contributed by atoms with Crippen molar-refractivity contribution in [2.45, 2.75) is 24.7 Å². The molecular weight excluding hydrogens is 250 g/mol. The van der Waals surface area contributed by atoms with E-state index in [0.29, 0.717) is 17.3 Å². The van der Waals surface area contributed by atoms with Crippen molar-refractivity contribution in [3.63, 3.8) is 0 Å². The van der Waals surface area contributed by atoms with E-state index in [-0.39, 0.29) is 0 Å². The Hall–Kier alpha value is -1.07. The lowest BCUT2D eigenvalue weighted by atomic mass is 10.3. The van der Waals surface area contributed by atoms with Crippen LogP contribution in [-0.4, -0.2) is 34.4 Å². The molecule has 5 heteroatoms. The summed E-state index contributed by atoms with van der Waals surface area (Å²) in [6, 6.07) is 6.62. The number of ether oxygens (including phenoxy) is 1. The lowest BCUT2D eigenvalue weighted by Gasteiger charge is -2.07. The predicted octanol–water partition coefficient (Wildman–Crippen LogP) is 1.86. The fourth-order valence-corrected chi connectivity index (χ4v) is 2.17. The summed E-state index contributed by atoms with van der Waals surface area (Å²) in [4.78, 5) is 0.299. The van der Waals surface area contributed by atoms with Crippen molar-refractivity contribution in [1.82, 2.24) is 5.32 Å². The van der Waals surface area contributed by atoms with Gasteiger partial charge in [-0.05, 0) is 44.1 Å². The van der Waals surface area contributed by atoms with Gasteiger partial charge in [-0.25, -0.2) is 8.42 Å². The average Bonchev–Trinajstić information content (AvgIpc) is 2.33. The van der Waals surface area contributed by atoms with Gasteiger partial charge in [0.25, 0.3) is 0 Å². The standard InChI is InChI=1S/C13H21NO3S/c1-3-14-9-4-5-10-17-12-7-6-8-13(11-12)18(2,15)16/h6-8,11,14H,3-5,9-10H2,1-2H3. The van der Waals surface area contributed by atoms with Gasteiger partial charge in [-0.2, -0.15) is 0 Å². The van der Waals surface area contributed by atoms with Crippen LogP contribution in [0, 0.1) is 0 Å². The minimum absolute atomic E-state index is 0.299. The minimum atomic E-state index is -3.16. The molecule has 0 aliphatic carbocycles. The van der Waals surface area contributed by atoms with Crippen LogP contribution in [0.5, 0.6) is 5.75 Å². The zero-order valence-corrected chi connectivity index (χ0v) is 11.8. The highest BCUT2D eigenvalue weighted by atomic mass is 32.2. The maximum atomic E-state index is 11.4. The van der Waals surface area contributed by atoms with Gasteiger partial charge in [0.15, 0.2) is 9.84 Å². The molecule has 0 amide bonds. The van der Waals surface area contributed by atoms with Crippen LogP contribution in [0.15, 0.2) is 29.2 Å². The summed E-state index contributed by atoms with van der Waals surface area (Å²) < 4.78 is 28.3. The Balaban J connectivity index is 2.39. The van der Waals surface area contributed by atoms with Crippen molar-refractivity contribution in [2.75, 3.05) is 26.0 Å². The highest BCUT2D eigenvalue weighted by molar-refractivity contribution is 7.90. The molecule has 0 spiro atoms. The number of benzene rings is 1. The third-order valence-electron chi connectivity index (χ3n) is 2.50. The van der Waals surface area contributed by atoms with E-state index in [0.717, 1.165) is 25.9 Å². The summed E-state index contributed by atoms with van der Waals surface area (Å²) in [6.07, 6.45) is 3.21. The summed E-state index contributed by atoms with van der Waals surface area (Å²) in [7, 11) is -3.16. The molecule has 0 bridgehead atoms. The molecule has 1 aromatic rings. The van der Waals surface area contributed by atoms with Crippen molar-refractivity contribution in [1.29, 1.82) is 0 Å². The second-order valence-corrected chi connectivity index (χ2v) is 6.17. The fraction of sp³-hybridized carbons (Fsp3) is 0.538. The molecule has 102 valence electrons. The van der Waals surface area contributed by atoms with E-state index in [1.165, 1.54) is 6.26 Å². The molecule has 0 aliphatic rings. The van der Waals surface area contributed by atoms with Gasteiger partial charge in [0.2, 0.25) is 0 Å². The van der Waals surface area contributed by atoms with Gasteiger partial charge >= 0.3 is 0 Å². The average molecular weight is 271 g/mol. The monoisotopic (exact) mass is 271 g/mol. The second-order valence-electron chi connectivity index (χ2n) is 4.16. The zero-order chi connectivity index (χ0) is 13.4. The van der Waals surface area contributed by atoms with Crippen molar-refractivity contribution < 1.29 is 13.2 Å². The number of unbranched alkanes of at least 4 members (excludes halogenated alkanes) is 1. The van der Waals surface area contributed by atoms with E-state index in [1.807, 2.05) is 0 Å². The molecule has 4 nitrogen and oxygen atoms in total. The van der Waals surface area contributed by atoms with E-state index in [9.17, 15) is 8.42 Å². The van der Waals surface area contributed by atoms with E-state index in [2.05, 4.69) is 12.2 Å². The summed E-state index contributed by atoms with van der Waals surface area (Å²) in [5.41, 5.74) is 0. The number of rotatable bonds is 8. The maximum Gasteiger partial charge on any atom is 0.175 e. The molecule has 0 heterocycles. The predicted molar refractivity (Wildman–Crippen MR) is 72.8 cm³/mol. The molecule has 0 saturated carbocycles. The summed E-state index contributed by atoms with van der Waals surface area (Å²) in [5, 5.41) is 3.24. The molecular formula is C13H21NO3S. The topological polar surface area (TPSA) is 55.4 Å².